The Bertz CT molecular complexity index is 601. The van der Waals surface area contributed by atoms with Crippen LogP contribution in [0.4, 0.5) is 4.39 Å². The van der Waals surface area contributed by atoms with E-state index in [9.17, 15) is 12.8 Å². The first-order valence-corrected chi connectivity index (χ1v) is 8.33. The minimum absolute atomic E-state index is 0.00835. The molecule has 1 atom stereocenters. The van der Waals surface area contributed by atoms with E-state index in [0.717, 1.165) is 19.3 Å². The van der Waals surface area contributed by atoms with Gasteiger partial charge in [0.25, 0.3) is 0 Å². The van der Waals surface area contributed by atoms with Crippen molar-refractivity contribution in [3.63, 3.8) is 0 Å². The van der Waals surface area contributed by atoms with E-state index in [1.165, 1.54) is 16.4 Å². The average Bonchev–Trinajstić information content (AvgIpc) is 2.41. The monoisotopic (exact) mass is 300 g/mol. The molecule has 1 fully saturated rings. The van der Waals surface area contributed by atoms with Gasteiger partial charge in [-0.3, -0.25) is 0 Å². The van der Waals surface area contributed by atoms with Crippen LogP contribution in [-0.2, 0) is 16.6 Å². The van der Waals surface area contributed by atoms with Crippen LogP contribution < -0.4 is 5.73 Å². The first-order chi connectivity index (χ1) is 9.37. The molecule has 0 spiro atoms. The standard InChI is InChI=1S/C14H21FN2O2S/c1-10-7-13(8-12(9-16)14(10)15)20(18,19)17-6-4-3-5-11(17)2/h7-8,11H,3-6,9,16H2,1-2H3. The number of hydrogen-bond donors (Lipinski definition) is 1. The zero-order chi connectivity index (χ0) is 14.9. The molecule has 20 heavy (non-hydrogen) atoms. The third-order valence-electron chi connectivity index (χ3n) is 3.87. The highest BCUT2D eigenvalue weighted by atomic mass is 32.2. The minimum Gasteiger partial charge on any atom is -0.326 e. The van der Waals surface area contributed by atoms with Crippen LogP contribution in [0.1, 0.15) is 37.3 Å². The molecule has 0 amide bonds. The molecule has 1 aliphatic heterocycles. The minimum atomic E-state index is -3.57. The van der Waals surface area contributed by atoms with E-state index >= 15 is 0 Å². The third-order valence-corrected chi connectivity index (χ3v) is 5.86. The SMILES string of the molecule is Cc1cc(S(=O)(=O)N2CCCCC2C)cc(CN)c1F. The van der Waals surface area contributed by atoms with Crippen LogP contribution in [0.3, 0.4) is 0 Å². The fourth-order valence-corrected chi connectivity index (χ4v) is 4.50. The van der Waals surface area contributed by atoms with Gasteiger partial charge in [-0.2, -0.15) is 4.31 Å². The van der Waals surface area contributed by atoms with Gasteiger partial charge in [0, 0.05) is 24.7 Å². The summed E-state index contributed by atoms with van der Waals surface area (Å²) in [6, 6.07) is 2.74. The number of hydrogen-bond acceptors (Lipinski definition) is 3. The molecule has 0 radical (unpaired) electrons. The predicted octanol–water partition coefficient (Wildman–Crippen LogP) is 2.16. The molecule has 2 N–H and O–H groups in total. The first-order valence-electron chi connectivity index (χ1n) is 6.89. The van der Waals surface area contributed by atoms with Crippen molar-refractivity contribution in [3.8, 4) is 0 Å². The molecule has 1 aromatic carbocycles. The van der Waals surface area contributed by atoms with Crippen molar-refractivity contribution in [3.05, 3.63) is 29.1 Å². The second-order valence-corrected chi connectivity index (χ2v) is 7.27. The quantitative estimate of drug-likeness (QED) is 0.930. The maximum Gasteiger partial charge on any atom is 0.243 e. The molecule has 0 saturated carbocycles. The van der Waals surface area contributed by atoms with Crippen molar-refractivity contribution < 1.29 is 12.8 Å². The fourth-order valence-electron chi connectivity index (χ4n) is 2.67. The summed E-state index contributed by atoms with van der Waals surface area (Å²) >= 11 is 0. The Labute approximate surface area is 119 Å². The molecule has 0 aliphatic carbocycles. The number of aryl methyl sites for hydroxylation is 1. The normalized spacial score (nSPS) is 21.1. The maximum atomic E-state index is 13.8. The Kier molecular flexibility index (Phi) is 4.46. The van der Waals surface area contributed by atoms with E-state index in [0.29, 0.717) is 12.1 Å². The molecule has 0 bridgehead atoms. The van der Waals surface area contributed by atoms with Gasteiger partial charge in [0.15, 0.2) is 0 Å². The molecule has 1 saturated heterocycles. The van der Waals surface area contributed by atoms with Crippen LogP contribution in [0.2, 0.25) is 0 Å². The Morgan fingerprint density at radius 3 is 2.70 bits per heavy atom. The number of nitrogens with two attached hydrogens (primary N) is 1. The molecule has 0 aromatic heterocycles. The van der Waals surface area contributed by atoms with Crippen molar-refractivity contribution >= 4 is 10.0 Å². The van der Waals surface area contributed by atoms with Gasteiger partial charge < -0.3 is 5.73 Å². The van der Waals surface area contributed by atoms with Crippen molar-refractivity contribution in [2.75, 3.05) is 6.54 Å². The summed E-state index contributed by atoms with van der Waals surface area (Å²) in [5.41, 5.74) is 6.05. The highest BCUT2D eigenvalue weighted by Crippen LogP contribution is 2.27. The van der Waals surface area contributed by atoms with Crippen LogP contribution in [-0.4, -0.2) is 25.3 Å². The van der Waals surface area contributed by atoms with Crippen LogP contribution in [0, 0.1) is 12.7 Å². The Hall–Kier alpha value is -0.980. The van der Waals surface area contributed by atoms with E-state index in [1.54, 1.807) is 6.92 Å². The number of piperidine rings is 1. The van der Waals surface area contributed by atoms with Gasteiger partial charge in [-0.1, -0.05) is 6.42 Å². The number of benzene rings is 1. The summed E-state index contributed by atoms with van der Waals surface area (Å²) in [6.07, 6.45) is 2.78. The van der Waals surface area contributed by atoms with Gasteiger partial charge in [-0.05, 0) is 44.4 Å². The van der Waals surface area contributed by atoms with Gasteiger partial charge in [0.1, 0.15) is 5.82 Å². The molecule has 112 valence electrons. The van der Waals surface area contributed by atoms with Crippen LogP contribution in [0.25, 0.3) is 0 Å². The third kappa shape index (κ3) is 2.73. The molecular weight excluding hydrogens is 279 g/mol. The number of nitrogens with zero attached hydrogens (tertiary/aromatic N) is 1. The summed E-state index contributed by atoms with van der Waals surface area (Å²) in [5.74, 6) is -0.418. The molecule has 1 aliphatic rings. The highest BCUT2D eigenvalue weighted by molar-refractivity contribution is 7.89. The molecule has 1 heterocycles. The summed E-state index contributed by atoms with van der Waals surface area (Å²) in [5, 5.41) is 0. The van der Waals surface area contributed by atoms with E-state index in [4.69, 9.17) is 5.73 Å². The lowest BCUT2D eigenvalue weighted by Gasteiger charge is -2.32. The second kappa shape index (κ2) is 5.79. The van der Waals surface area contributed by atoms with Crippen molar-refractivity contribution in [1.82, 2.24) is 4.31 Å². The fraction of sp³-hybridized carbons (Fsp3) is 0.571. The van der Waals surface area contributed by atoms with Gasteiger partial charge in [0.05, 0.1) is 4.90 Å². The summed E-state index contributed by atoms with van der Waals surface area (Å²) in [6.45, 7) is 3.99. The number of sulfonamides is 1. The number of rotatable bonds is 3. The van der Waals surface area contributed by atoms with E-state index in [-0.39, 0.29) is 23.0 Å². The second-order valence-electron chi connectivity index (χ2n) is 5.38. The zero-order valence-corrected chi connectivity index (χ0v) is 12.7. The van der Waals surface area contributed by atoms with E-state index < -0.39 is 15.8 Å². The molecule has 4 nitrogen and oxygen atoms in total. The van der Waals surface area contributed by atoms with Crippen molar-refractivity contribution in [2.24, 2.45) is 5.73 Å². The average molecular weight is 300 g/mol. The largest absolute Gasteiger partial charge is 0.326 e. The summed E-state index contributed by atoms with van der Waals surface area (Å²) in [4.78, 5) is 0.144. The van der Waals surface area contributed by atoms with Gasteiger partial charge >= 0.3 is 0 Å². The van der Waals surface area contributed by atoms with Gasteiger partial charge in [-0.15, -0.1) is 0 Å². The van der Waals surface area contributed by atoms with Crippen molar-refractivity contribution in [2.45, 2.75) is 50.6 Å². The van der Waals surface area contributed by atoms with Crippen LogP contribution in [0.15, 0.2) is 17.0 Å². The zero-order valence-electron chi connectivity index (χ0n) is 11.9. The highest BCUT2D eigenvalue weighted by Gasteiger charge is 2.31. The topological polar surface area (TPSA) is 63.4 Å². The Balaban J connectivity index is 2.46. The lowest BCUT2D eigenvalue weighted by molar-refractivity contribution is 0.268. The summed E-state index contributed by atoms with van der Waals surface area (Å²) in [7, 11) is -3.57. The predicted molar refractivity (Wildman–Crippen MR) is 76.2 cm³/mol. The lowest BCUT2D eigenvalue weighted by atomic mass is 10.1. The van der Waals surface area contributed by atoms with E-state index in [1.807, 2.05) is 6.92 Å². The Morgan fingerprint density at radius 1 is 1.40 bits per heavy atom. The Morgan fingerprint density at radius 2 is 2.10 bits per heavy atom. The summed E-state index contributed by atoms with van der Waals surface area (Å²) < 4.78 is 40.7. The van der Waals surface area contributed by atoms with Crippen molar-refractivity contribution in [1.29, 1.82) is 0 Å². The van der Waals surface area contributed by atoms with Gasteiger partial charge in [-0.25, -0.2) is 12.8 Å². The molecule has 1 aromatic rings. The van der Waals surface area contributed by atoms with Crippen LogP contribution in [0.5, 0.6) is 0 Å². The molecule has 6 heteroatoms. The first kappa shape index (κ1) is 15.4. The lowest BCUT2D eigenvalue weighted by Crippen LogP contribution is -2.42. The van der Waals surface area contributed by atoms with Gasteiger partial charge in [0.2, 0.25) is 10.0 Å². The molecule has 2 rings (SSSR count). The number of halogens is 1. The molecule has 1 unspecified atom stereocenters. The molecular formula is C14H21FN2O2S. The maximum absolute atomic E-state index is 13.8. The smallest absolute Gasteiger partial charge is 0.243 e. The van der Waals surface area contributed by atoms with Crippen LogP contribution >= 0.6 is 0 Å². The van der Waals surface area contributed by atoms with E-state index in [2.05, 4.69) is 0 Å².